The van der Waals surface area contributed by atoms with E-state index in [-0.39, 0.29) is 12.4 Å². The van der Waals surface area contributed by atoms with E-state index in [9.17, 15) is 9.59 Å². The fourth-order valence-corrected chi connectivity index (χ4v) is 3.69. The maximum Gasteiger partial charge on any atom is 0.343 e. The summed E-state index contributed by atoms with van der Waals surface area (Å²) < 4.78 is 21.6. The summed E-state index contributed by atoms with van der Waals surface area (Å²) in [7, 11) is 0. The summed E-state index contributed by atoms with van der Waals surface area (Å²) in [4.78, 5) is 24.2. The van der Waals surface area contributed by atoms with Crippen LogP contribution in [0.3, 0.4) is 0 Å². The molecule has 0 heterocycles. The number of carbonyl (C=O) groups is 2. The van der Waals surface area contributed by atoms with Gasteiger partial charge >= 0.3 is 11.9 Å². The van der Waals surface area contributed by atoms with E-state index >= 15 is 0 Å². The SMILES string of the molecule is CCCCCCCCCCCCOc1ccc(C(=O)Oc2ccc(OC(=O)CCOCC)cc2)cc1. The van der Waals surface area contributed by atoms with Crippen molar-refractivity contribution in [3.05, 3.63) is 54.1 Å². The standard InChI is InChI=1S/C30H42O6/c1-3-5-6-7-8-9-10-11-12-13-23-34-26-16-14-25(15-17-26)30(32)36-28-20-18-27(19-21-28)35-29(31)22-24-33-4-2/h14-21H,3-13,22-24H2,1-2H3. The Bertz CT molecular complexity index is 860. The van der Waals surface area contributed by atoms with Crippen molar-refractivity contribution in [2.75, 3.05) is 19.8 Å². The lowest BCUT2D eigenvalue weighted by Gasteiger charge is -2.08. The Morgan fingerprint density at radius 2 is 1.14 bits per heavy atom. The summed E-state index contributed by atoms with van der Waals surface area (Å²) >= 11 is 0. The highest BCUT2D eigenvalue weighted by Gasteiger charge is 2.10. The van der Waals surface area contributed by atoms with E-state index in [1.807, 2.05) is 6.92 Å². The molecule has 6 heteroatoms. The highest BCUT2D eigenvalue weighted by atomic mass is 16.5. The number of ether oxygens (including phenoxy) is 4. The molecule has 36 heavy (non-hydrogen) atoms. The van der Waals surface area contributed by atoms with E-state index in [4.69, 9.17) is 18.9 Å². The monoisotopic (exact) mass is 498 g/mol. The maximum absolute atomic E-state index is 12.4. The zero-order valence-corrected chi connectivity index (χ0v) is 22.0. The summed E-state index contributed by atoms with van der Waals surface area (Å²) in [6.07, 6.45) is 13.1. The van der Waals surface area contributed by atoms with Gasteiger partial charge in [-0.1, -0.05) is 64.7 Å². The number of esters is 2. The van der Waals surface area contributed by atoms with E-state index < -0.39 is 5.97 Å². The molecule has 2 aromatic carbocycles. The van der Waals surface area contributed by atoms with Gasteiger partial charge in [-0.25, -0.2) is 4.79 Å². The molecular formula is C30H42O6. The van der Waals surface area contributed by atoms with Gasteiger partial charge in [0.2, 0.25) is 0 Å². The molecule has 0 aromatic heterocycles. The minimum absolute atomic E-state index is 0.184. The Hall–Kier alpha value is -2.86. The number of benzene rings is 2. The smallest absolute Gasteiger partial charge is 0.343 e. The number of hydrogen-bond acceptors (Lipinski definition) is 6. The van der Waals surface area contributed by atoms with Crippen molar-refractivity contribution >= 4 is 11.9 Å². The first kappa shape index (κ1) is 29.4. The lowest BCUT2D eigenvalue weighted by atomic mass is 10.1. The summed E-state index contributed by atoms with van der Waals surface area (Å²) in [5.74, 6) is 0.676. The van der Waals surface area contributed by atoms with Gasteiger partial charge in [-0.2, -0.15) is 0 Å². The minimum Gasteiger partial charge on any atom is -0.494 e. The van der Waals surface area contributed by atoms with Crippen LogP contribution in [0, 0.1) is 0 Å². The molecule has 2 rings (SSSR count). The van der Waals surface area contributed by atoms with Crippen molar-refractivity contribution in [1.29, 1.82) is 0 Å². The third-order valence-corrected chi connectivity index (χ3v) is 5.78. The molecule has 0 aliphatic carbocycles. The van der Waals surface area contributed by atoms with Crippen molar-refractivity contribution in [2.24, 2.45) is 0 Å². The van der Waals surface area contributed by atoms with Crippen molar-refractivity contribution < 1.29 is 28.5 Å². The molecule has 0 atom stereocenters. The van der Waals surface area contributed by atoms with Gasteiger partial charge < -0.3 is 18.9 Å². The van der Waals surface area contributed by atoms with E-state index in [2.05, 4.69) is 6.92 Å². The molecule has 0 saturated carbocycles. The van der Waals surface area contributed by atoms with E-state index in [1.165, 1.54) is 57.8 Å². The summed E-state index contributed by atoms with van der Waals surface area (Å²) in [5, 5.41) is 0. The van der Waals surface area contributed by atoms with Gasteiger partial charge in [-0.3, -0.25) is 4.79 Å². The number of unbranched alkanes of at least 4 members (excludes halogenated alkanes) is 9. The van der Waals surface area contributed by atoms with Crippen LogP contribution < -0.4 is 14.2 Å². The fraction of sp³-hybridized carbons (Fsp3) is 0.533. The first-order chi connectivity index (χ1) is 17.6. The Labute approximate surface area is 216 Å². The highest BCUT2D eigenvalue weighted by Crippen LogP contribution is 2.20. The van der Waals surface area contributed by atoms with E-state index in [1.54, 1.807) is 48.5 Å². The summed E-state index contributed by atoms with van der Waals surface area (Å²) in [5.41, 5.74) is 0.438. The van der Waals surface area contributed by atoms with Crippen LogP contribution in [0.4, 0.5) is 0 Å². The lowest BCUT2D eigenvalue weighted by Crippen LogP contribution is -2.11. The van der Waals surface area contributed by atoms with Crippen molar-refractivity contribution in [3.8, 4) is 17.2 Å². The molecule has 0 N–H and O–H groups in total. The molecule has 6 nitrogen and oxygen atoms in total. The van der Waals surface area contributed by atoms with Gasteiger partial charge in [0, 0.05) is 6.61 Å². The van der Waals surface area contributed by atoms with Crippen molar-refractivity contribution in [2.45, 2.75) is 84.5 Å². The summed E-state index contributed by atoms with van der Waals surface area (Å²) in [6, 6.07) is 13.3. The van der Waals surface area contributed by atoms with Crippen LogP contribution in [0.15, 0.2) is 48.5 Å². The van der Waals surface area contributed by atoms with Crippen molar-refractivity contribution in [1.82, 2.24) is 0 Å². The number of rotatable bonds is 19. The number of carbonyl (C=O) groups excluding carboxylic acids is 2. The molecule has 0 radical (unpaired) electrons. The maximum atomic E-state index is 12.4. The van der Waals surface area contributed by atoms with Crippen LogP contribution in [-0.2, 0) is 9.53 Å². The zero-order valence-electron chi connectivity index (χ0n) is 22.0. The molecular weight excluding hydrogens is 456 g/mol. The molecule has 0 aliphatic rings. The topological polar surface area (TPSA) is 71.1 Å². The molecule has 0 aliphatic heterocycles. The zero-order chi connectivity index (χ0) is 25.8. The average molecular weight is 499 g/mol. The Morgan fingerprint density at radius 3 is 1.72 bits per heavy atom. The van der Waals surface area contributed by atoms with Crippen LogP contribution in [-0.4, -0.2) is 31.8 Å². The third-order valence-electron chi connectivity index (χ3n) is 5.78. The molecule has 0 amide bonds. The second kappa shape index (κ2) is 18.4. The Kier molecular flexibility index (Phi) is 15.0. The molecule has 198 valence electrons. The molecule has 0 saturated heterocycles. The van der Waals surface area contributed by atoms with E-state index in [0.717, 1.165) is 12.2 Å². The van der Waals surface area contributed by atoms with Crippen molar-refractivity contribution in [3.63, 3.8) is 0 Å². The quantitative estimate of drug-likeness (QED) is 0.113. The molecule has 0 bridgehead atoms. The first-order valence-corrected chi connectivity index (χ1v) is 13.5. The van der Waals surface area contributed by atoms with Crippen LogP contribution in [0.5, 0.6) is 17.2 Å². The normalized spacial score (nSPS) is 10.7. The minimum atomic E-state index is -0.460. The number of hydrogen-bond donors (Lipinski definition) is 0. The van der Waals surface area contributed by atoms with Crippen LogP contribution in [0.25, 0.3) is 0 Å². The molecule has 0 unspecified atom stereocenters. The lowest BCUT2D eigenvalue weighted by molar-refractivity contribution is -0.135. The van der Waals surface area contributed by atoms with E-state index in [0.29, 0.717) is 36.9 Å². The fourth-order valence-electron chi connectivity index (χ4n) is 3.69. The largest absolute Gasteiger partial charge is 0.494 e. The molecule has 0 fully saturated rings. The van der Waals surface area contributed by atoms with Gasteiger partial charge in [-0.05, 0) is 61.9 Å². The molecule has 2 aromatic rings. The van der Waals surface area contributed by atoms with Crippen LogP contribution >= 0.6 is 0 Å². The van der Waals surface area contributed by atoms with Gasteiger partial charge in [-0.15, -0.1) is 0 Å². The average Bonchev–Trinajstić information content (AvgIpc) is 2.89. The predicted octanol–water partition coefficient (Wildman–Crippen LogP) is 7.54. The first-order valence-electron chi connectivity index (χ1n) is 13.5. The van der Waals surface area contributed by atoms with Crippen LogP contribution in [0.1, 0.15) is 94.8 Å². The van der Waals surface area contributed by atoms with Crippen LogP contribution in [0.2, 0.25) is 0 Å². The Balaban J connectivity index is 1.62. The highest BCUT2D eigenvalue weighted by molar-refractivity contribution is 5.91. The molecule has 0 spiro atoms. The Morgan fingerprint density at radius 1 is 0.611 bits per heavy atom. The third kappa shape index (κ3) is 12.7. The summed E-state index contributed by atoms with van der Waals surface area (Å²) in [6.45, 7) is 5.69. The second-order valence-electron chi connectivity index (χ2n) is 8.84. The van der Waals surface area contributed by atoms with Gasteiger partial charge in [0.1, 0.15) is 17.2 Å². The van der Waals surface area contributed by atoms with Gasteiger partial charge in [0.05, 0.1) is 25.2 Å². The van der Waals surface area contributed by atoms with Gasteiger partial charge in [0.25, 0.3) is 0 Å². The predicted molar refractivity (Wildman–Crippen MR) is 142 cm³/mol. The second-order valence-corrected chi connectivity index (χ2v) is 8.84. The van der Waals surface area contributed by atoms with Gasteiger partial charge in [0.15, 0.2) is 0 Å².